The fourth-order valence-corrected chi connectivity index (χ4v) is 1.18. The summed E-state index contributed by atoms with van der Waals surface area (Å²) in [6, 6.07) is 7.36. The lowest BCUT2D eigenvalue weighted by Gasteiger charge is -2.13. The van der Waals surface area contributed by atoms with Crippen LogP contribution in [0.3, 0.4) is 0 Å². The molecule has 0 saturated carbocycles. The molecule has 0 saturated heterocycles. The van der Waals surface area contributed by atoms with Crippen molar-refractivity contribution in [1.82, 2.24) is 0 Å². The van der Waals surface area contributed by atoms with Gasteiger partial charge in [0.05, 0.1) is 6.61 Å². The Morgan fingerprint density at radius 1 is 1.27 bits per heavy atom. The second kappa shape index (κ2) is 6.30. The molecule has 1 aromatic carbocycles. The van der Waals surface area contributed by atoms with Gasteiger partial charge in [-0.2, -0.15) is 0 Å². The molecule has 0 bridgehead atoms. The van der Waals surface area contributed by atoms with Crippen molar-refractivity contribution in [1.29, 1.82) is 0 Å². The molecule has 1 aromatic rings. The number of hydrogen-bond donors (Lipinski definition) is 1. The standard InChI is InChI=1S/C12H18O3/c1-3-4-9-14-11-7-5-6-8-12(11)15-10(2)13/h5-8,10,13H,3-4,9H2,1-2H3. The molecular weight excluding hydrogens is 192 g/mol. The minimum Gasteiger partial charge on any atom is -0.490 e. The fourth-order valence-electron chi connectivity index (χ4n) is 1.18. The second-order valence-electron chi connectivity index (χ2n) is 3.37. The molecule has 0 amide bonds. The molecule has 3 heteroatoms. The molecule has 15 heavy (non-hydrogen) atoms. The Labute approximate surface area is 90.6 Å². The number of aliphatic hydroxyl groups excluding tert-OH is 1. The van der Waals surface area contributed by atoms with Gasteiger partial charge in [-0.1, -0.05) is 25.5 Å². The van der Waals surface area contributed by atoms with Crippen molar-refractivity contribution < 1.29 is 14.6 Å². The van der Waals surface area contributed by atoms with Crippen LogP contribution in [0.4, 0.5) is 0 Å². The zero-order valence-corrected chi connectivity index (χ0v) is 9.27. The van der Waals surface area contributed by atoms with Gasteiger partial charge in [-0.3, -0.25) is 0 Å². The van der Waals surface area contributed by atoms with Crippen molar-refractivity contribution in [2.45, 2.75) is 33.0 Å². The van der Waals surface area contributed by atoms with Gasteiger partial charge in [-0.15, -0.1) is 0 Å². The Balaban J connectivity index is 2.60. The van der Waals surface area contributed by atoms with E-state index >= 15 is 0 Å². The van der Waals surface area contributed by atoms with E-state index in [-0.39, 0.29) is 0 Å². The van der Waals surface area contributed by atoms with E-state index in [2.05, 4.69) is 6.92 Å². The number of benzene rings is 1. The molecule has 0 aliphatic rings. The van der Waals surface area contributed by atoms with E-state index in [1.54, 1.807) is 13.0 Å². The molecule has 0 aromatic heterocycles. The van der Waals surface area contributed by atoms with E-state index in [1.165, 1.54) is 0 Å². The minimum atomic E-state index is -0.819. The molecule has 0 spiro atoms. The number of para-hydroxylation sites is 2. The molecule has 3 nitrogen and oxygen atoms in total. The highest BCUT2D eigenvalue weighted by Gasteiger charge is 2.05. The van der Waals surface area contributed by atoms with Crippen molar-refractivity contribution in [2.75, 3.05) is 6.61 Å². The molecule has 0 aliphatic heterocycles. The number of hydrogen-bond acceptors (Lipinski definition) is 3. The molecule has 84 valence electrons. The summed E-state index contributed by atoms with van der Waals surface area (Å²) in [6.45, 7) is 4.36. The average molecular weight is 210 g/mol. The number of rotatable bonds is 6. The molecule has 1 unspecified atom stereocenters. The van der Waals surface area contributed by atoms with Crippen LogP contribution in [0.5, 0.6) is 11.5 Å². The van der Waals surface area contributed by atoms with Gasteiger partial charge in [0.15, 0.2) is 17.8 Å². The molecule has 0 fully saturated rings. The average Bonchev–Trinajstić information content (AvgIpc) is 2.20. The summed E-state index contributed by atoms with van der Waals surface area (Å²) in [6.07, 6.45) is 1.29. The third kappa shape index (κ3) is 4.21. The molecule has 0 radical (unpaired) electrons. The van der Waals surface area contributed by atoms with Crippen LogP contribution in [0, 0.1) is 0 Å². The third-order valence-corrected chi connectivity index (χ3v) is 1.90. The van der Waals surface area contributed by atoms with Gasteiger partial charge in [0.2, 0.25) is 0 Å². The SMILES string of the molecule is CCCCOc1ccccc1OC(C)O. The van der Waals surface area contributed by atoms with E-state index in [0.29, 0.717) is 18.1 Å². The van der Waals surface area contributed by atoms with Crippen LogP contribution < -0.4 is 9.47 Å². The van der Waals surface area contributed by atoms with Crippen molar-refractivity contribution in [3.63, 3.8) is 0 Å². The van der Waals surface area contributed by atoms with Gasteiger partial charge < -0.3 is 14.6 Å². The van der Waals surface area contributed by atoms with Crippen LogP contribution in [0.2, 0.25) is 0 Å². The van der Waals surface area contributed by atoms with Crippen LogP contribution in [-0.4, -0.2) is 18.0 Å². The Morgan fingerprint density at radius 2 is 1.93 bits per heavy atom. The first-order valence-corrected chi connectivity index (χ1v) is 5.30. The van der Waals surface area contributed by atoms with Crippen LogP contribution in [0.15, 0.2) is 24.3 Å². The summed E-state index contributed by atoms with van der Waals surface area (Å²) in [5.41, 5.74) is 0. The van der Waals surface area contributed by atoms with Gasteiger partial charge in [-0.05, 0) is 25.5 Å². The maximum atomic E-state index is 9.12. The largest absolute Gasteiger partial charge is 0.490 e. The predicted molar refractivity (Wildman–Crippen MR) is 59.2 cm³/mol. The van der Waals surface area contributed by atoms with Gasteiger partial charge in [0, 0.05) is 0 Å². The smallest absolute Gasteiger partial charge is 0.194 e. The number of unbranched alkanes of at least 4 members (excludes halogenated alkanes) is 1. The molecule has 0 aliphatic carbocycles. The zero-order chi connectivity index (χ0) is 11.1. The van der Waals surface area contributed by atoms with Crippen molar-refractivity contribution in [3.8, 4) is 11.5 Å². The van der Waals surface area contributed by atoms with Gasteiger partial charge in [0.25, 0.3) is 0 Å². The molecular formula is C12H18O3. The highest BCUT2D eigenvalue weighted by Crippen LogP contribution is 2.27. The van der Waals surface area contributed by atoms with Crippen LogP contribution in [-0.2, 0) is 0 Å². The molecule has 1 atom stereocenters. The predicted octanol–water partition coefficient (Wildman–Crippen LogP) is 2.58. The Bertz CT molecular complexity index is 284. The Morgan fingerprint density at radius 3 is 2.53 bits per heavy atom. The maximum Gasteiger partial charge on any atom is 0.194 e. The van der Waals surface area contributed by atoms with Gasteiger partial charge >= 0.3 is 0 Å². The summed E-state index contributed by atoms with van der Waals surface area (Å²) in [5, 5.41) is 9.12. The van der Waals surface area contributed by atoms with E-state index in [4.69, 9.17) is 14.6 Å². The summed E-state index contributed by atoms with van der Waals surface area (Å²) in [7, 11) is 0. The van der Waals surface area contributed by atoms with Crippen LogP contribution in [0.25, 0.3) is 0 Å². The fraction of sp³-hybridized carbons (Fsp3) is 0.500. The first-order chi connectivity index (χ1) is 7.24. The van der Waals surface area contributed by atoms with Crippen molar-refractivity contribution >= 4 is 0 Å². The van der Waals surface area contributed by atoms with E-state index in [0.717, 1.165) is 12.8 Å². The lowest BCUT2D eigenvalue weighted by atomic mass is 10.3. The number of aliphatic hydroxyl groups is 1. The first-order valence-electron chi connectivity index (χ1n) is 5.30. The maximum absolute atomic E-state index is 9.12. The van der Waals surface area contributed by atoms with Gasteiger partial charge in [-0.25, -0.2) is 0 Å². The second-order valence-corrected chi connectivity index (χ2v) is 3.37. The van der Waals surface area contributed by atoms with Crippen LogP contribution >= 0.6 is 0 Å². The molecule has 1 rings (SSSR count). The molecule has 1 N–H and O–H groups in total. The highest BCUT2D eigenvalue weighted by molar-refractivity contribution is 5.39. The van der Waals surface area contributed by atoms with E-state index in [9.17, 15) is 0 Å². The zero-order valence-electron chi connectivity index (χ0n) is 9.27. The van der Waals surface area contributed by atoms with E-state index in [1.807, 2.05) is 18.2 Å². The number of ether oxygens (including phenoxy) is 2. The Hall–Kier alpha value is -1.22. The topological polar surface area (TPSA) is 38.7 Å². The molecule has 0 heterocycles. The summed E-state index contributed by atoms with van der Waals surface area (Å²) in [4.78, 5) is 0. The lowest BCUT2D eigenvalue weighted by molar-refractivity contribution is -0.00250. The summed E-state index contributed by atoms with van der Waals surface area (Å²) >= 11 is 0. The monoisotopic (exact) mass is 210 g/mol. The van der Waals surface area contributed by atoms with Crippen LogP contribution in [0.1, 0.15) is 26.7 Å². The van der Waals surface area contributed by atoms with Gasteiger partial charge in [0.1, 0.15) is 0 Å². The quantitative estimate of drug-likeness (QED) is 0.579. The minimum absolute atomic E-state index is 0.587. The highest BCUT2D eigenvalue weighted by atomic mass is 16.6. The first kappa shape index (κ1) is 11.9. The normalized spacial score (nSPS) is 12.2. The van der Waals surface area contributed by atoms with E-state index < -0.39 is 6.29 Å². The third-order valence-electron chi connectivity index (χ3n) is 1.90. The summed E-state index contributed by atoms with van der Waals surface area (Å²) in [5.74, 6) is 1.27. The van der Waals surface area contributed by atoms with Crippen molar-refractivity contribution in [3.05, 3.63) is 24.3 Å². The lowest BCUT2D eigenvalue weighted by Crippen LogP contribution is -2.10. The Kier molecular flexibility index (Phi) is 4.98. The van der Waals surface area contributed by atoms with Crippen molar-refractivity contribution in [2.24, 2.45) is 0 Å². The summed E-state index contributed by atoms with van der Waals surface area (Å²) < 4.78 is 10.7.